The highest BCUT2D eigenvalue weighted by Crippen LogP contribution is 2.29. The molecule has 0 saturated heterocycles. The van der Waals surface area contributed by atoms with Gasteiger partial charge < -0.3 is 5.32 Å². The lowest BCUT2D eigenvalue weighted by atomic mass is 10.1. The molecule has 1 aromatic heterocycles. The van der Waals surface area contributed by atoms with Crippen LogP contribution in [-0.4, -0.2) is 22.8 Å². The SMILES string of the molecule is Cc1ncsc1C(=O)NCC1CCCC1Cl. The van der Waals surface area contributed by atoms with Crippen LogP contribution >= 0.6 is 22.9 Å². The first kappa shape index (κ1) is 11.9. The molecule has 1 N–H and O–H groups in total. The van der Waals surface area contributed by atoms with Crippen molar-refractivity contribution in [3.05, 3.63) is 16.1 Å². The van der Waals surface area contributed by atoms with Gasteiger partial charge in [0.2, 0.25) is 0 Å². The summed E-state index contributed by atoms with van der Waals surface area (Å²) in [6.45, 7) is 2.54. The normalized spacial score (nSPS) is 24.6. The van der Waals surface area contributed by atoms with E-state index in [0.717, 1.165) is 18.5 Å². The van der Waals surface area contributed by atoms with Gasteiger partial charge in [-0.2, -0.15) is 0 Å². The van der Waals surface area contributed by atoms with Crippen molar-refractivity contribution in [1.29, 1.82) is 0 Å². The van der Waals surface area contributed by atoms with Gasteiger partial charge >= 0.3 is 0 Å². The summed E-state index contributed by atoms with van der Waals surface area (Å²) in [6, 6.07) is 0. The van der Waals surface area contributed by atoms with Gasteiger partial charge in [-0.1, -0.05) is 6.42 Å². The Morgan fingerprint density at radius 2 is 2.50 bits per heavy atom. The molecule has 1 aromatic rings. The van der Waals surface area contributed by atoms with E-state index in [1.54, 1.807) is 5.51 Å². The van der Waals surface area contributed by atoms with Crippen molar-refractivity contribution in [2.45, 2.75) is 31.6 Å². The molecule has 0 aromatic carbocycles. The van der Waals surface area contributed by atoms with Crippen LogP contribution in [0.3, 0.4) is 0 Å². The topological polar surface area (TPSA) is 42.0 Å². The molecule has 1 amide bonds. The number of nitrogens with zero attached hydrogens (tertiary/aromatic N) is 1. The summed E-state index contributed by atoms with van der Waals surface area (Å²) in [7, 11) is 0. The zero-order valence-corrected chi connectivity index (χ0v) is 10.8. The van der Waals surface area contributed by atoms with Crippen LogP contribution in [0.15, 0.2) is 5.51 Å². The van der Waals surface area contributed by atoms with Crippen molar-refractivity contribution >= 4 is 28.8 Å². The standard InChI is InChI=1S/C11H15ClN2OS/c1-7-10(16-6-14-7)11(15)13-5-8-3-2-4-9(8)12/h6,8-9H,2-5H2,1H3,(H,13,15). The summed E-state index contributed by atoms with van der Waals surface area (Å²) >= 11 is 7.54. The minimum absolute atomic E-state index is 0.0178. The molecule has 5 heteroatoms. The Balaban J connectivity index is 1.86. The summed E-state index contributed by atoms with van der Waals surface area (Å²) in [5, 5.41) is 3.17. The maximum Gasteiger partial charge on any atom is 0.263 e. The van der Waals surface area contributed by atoms with Crippen LogP contribution in [0.5, 0.6) is 0 Å². The minimum Gasteiger partial charge on any atom is -0.351 e. The maximum atomic E-state index is 11.8. The van der Waals surface area contributed by atoms with Gasteiger partial charge in [0.25, 0.3) is 5.91 Å². The first-order chi connectivity index (χ1) is 7.68. The second-order valence-corrected chi connectivity index (χ2v) is 5.60. The third kappa shape index (κ3) is 2.55. The Kier molecular flexibility index (Phi) is 3.82. The Hall–Kier alpha value is -0.610. The van der Waals surface area contributed by atoms with Crippen molar-refractivity contribution in [2.75, 3.05) is 6.54 Å². The van der Waals surface area contributed by atoms with Gasteiger partial charge in [-0.3, -0.25) is 4.79 Å². The molecule has 2 atom stereocenters. The average molecular weight is 259 g/mol. The monoisotopic (exact) mass is 258 g/mol. The highest BCUT2D eigenvalue weighted by molar-refractivity contribution is 7.11. The van der Waals surface area contributed by atoms with Gasteiger partial charge in [0.1, 0.15) is 4.88 Å². The van der Waals surface area contributed by atoms with Crippen LogP contribution in [0.1, 0.15) is 34.6 Å². The third-order valence-corrected chi connectivity index (χ3v) is 4.54. The van der Waals surface area contributed by atoms with Gasteiger partial charge in [0, 0.05) is 11.9 Å². The molecule has 0 aliphatic heterocycles. The second-order valence-electron chi connectivity index (χ2n) is 4.18. The molecule has 1 saturated carbocycles. The molecule has 0 radical (unpaired) electrons. The zero-order valence-electron chi connectivity index (χ0n) is 9.20. The van der Waals surface area contributed by atoms with Crippen molar-refractivity contribution in [3.63, 3.8) is 0 Å². The molecule has 3 nitrogen and oxygen atoms in total. The number of hydrogen-bond donors (Lipinski definition) is 1. The lowest BCUT2D eigenvalue weighted by Gasteiger charge is -2.13. The molecule has 16 heavy (non-hydrogen) atoms. The maximum absolute atomic E-state index is 11.8. The first-order valence-electron chi connectivity index (χ1n) is 5.51. The number of carbonyl (C=O) groups is 1. The Bertz CT molecular complexity index is 380. The molecule has 1 aliphatic carbocycles. The van der Waals surface area contributed by atoms with E-state index in [1.165, 1.54) is 17.8 Å². The van der Waals surface area contributed by atoms with E-state index >= 15 is 0 Å². The predicted octanol–water partition coefficient (Wildman–Crippen LogP) is 2.59. The number of alkyl halides is 1. The number of halogens is 1. The fraction of sp³-hybridized carbons (Fsp3) is 0.636. The van der Waals surface area contributed by atoms with E-state index < -0.39 is 0 Å². The molecule has 0 bridgehead atoms. The van der Waals surface area contributed by atoms with Gasteiger partial charge in [-0.15, -0.1) is 22.9 Å². The molecular formula is C11H15ClN2OS. The highest BCUT2D eigenvalue weighted by atomic mass is 35.5. The van der Waals surface area contributed by atoms with Crippen LogP contribution < -0.4 is 5.32 Å². The van der Waals surface area contributed by atoms with E-state index in [2.05, 4.69) is 10.3 Å². The third-order valence-electron chi connectivity index (χ3n) is 3.04. The van der Waals surface area contributed by atoms with E-state index in [4.69, 9.17) is 11.6 Å². The number of nitrogens with one attached hydrogen (secondary N) is 1. The average Bonchev–Trinajstić information content (AvgIpc) is 2.84. The van der Waals surface area contributed by atoms with Crippen molar-refractivity contribution < 1.29 is 4.79 Å². The summed E-state index contributed by atoms with van der Waals surface area (Å²) in [5.74, 6) is 0.412. The van der Waals surface area contributed by atoms with Crippen molar-refractivity contribution in [3.8, 4) is 0 Å². The van der Waals surface area contributed by atoms with Gasteiger partial charge in [-0.05, 0) is 25.7 Å². The van der Waals surface area contributed by atoms with Gasteiger partial charge in [0.15, 0.2) is 0 Å². The fourth-order valence-electron chi connectivity index (χ4n) is 2.05. The molecular weight excluding hydrogens is 244 g/mol. The Morgan fingerprint density at radius 3 is 3.06 bits per heavy atom. The number of rotatable bonds is 3. The highest BCUT2D eigenvalue weighted by Gasteiger charge is 2.25. The molecule has 1 heterocycles. The van der Waals surface area contributed by atoms with Crippen LogP contribution in [0.4, 0.5) is 0 Å². The molecule has 1 fully saturated rings. The summed E-state index contributed by atoms with van der Waals surface area (Å²) in [5.41, 5.74) is 2.50. The molecule has 1 aliphatic rings. The van der Waals surface area contributed by atoms with Crippen molar-refractivity contribution in [1.82, 2.24) is 10.3 Å². The van der Waals surface area contributed by atoms with E-state index in [-0.39, 0.29) is 11.3 Å². The molecule has 2 unspecified atom stereocenters. The molecule has 88 valence electrons. The van der Waals surface area contributed by atoms with Crippen LogP contribution in [0.2, 0.25) is 0 Å². The van der Waals surface area contributed by atoms with Gasteiger partial charge in [0.05, 0.1) is 11.2 Å². The minimum atomic E-state index is -0.0178. The van der Waals surface area contributed by atoms with Crippen molar-refractivity contribution in [2.24, 2.45) is 5.92 Å². The Labute approximate surface area is 104 Å². The summed E-state index contributed by atoms with van der Waals surface area (Å²) in [4.78, 5) is 16.6. The lowest BCUT2D eigenvalue weighted by molar-refractivity contribution is 0.0951. The zero-order chi connectivity index (χ0) is 11.5. The molecule has 2 rings (SSSR count). The van der Waals surface area contributed by atoms with Crippen LogP contribution in [0.25, 0.3) is 0 Å². The first-order valence-corrected chi connectivity index (χ1v) is 6.82. The number of aromatic nitrogens is 1. The van der Waals surface area contributed by atoms with Crippen LogP contribution in [0, 0.1) is 12.8 Å². The largest absolute Gasteiger partial charge is 0.351 e. The second kappa shape index (κ2) is 5.15. The van der Waals surface area contributed by atoms with Gasteiger partial charge in [-0.25, -0.2) is 4.98 Å². The number of hydrogen-bond acceptors (Lipinski definition) is 3. The quantitative estimate of drug-likeness (QED) is 0.847. The number of aryl methyl sites for hydroxylation is 1. The van der Waals surface area contributed by atoms with E-state index in [9.17, 15) is 4.79 Å². The Morgan fingerprint density at radius 1 is 1.69 bits per heavy atom. The number of thiazole rings is 1. The smallest absolute Gasteiger partial charge is 0.263 e. The number of amides is 1. The summed E-state index contributed by atoms with van der Waals surface area (Å²) in [6.07, 6.45) is 3.37. The van der Waals surface area contributed by atoms with E-state index in [0.29, 0.717) is 17.3 Å². The summed E-state index contributed by atoms with van der Waals surface area (Å²) < 4.78 is 0. The lowest BCUT2D eigenvalue weighted by Crippen LogP contribution is -2.30. The van der Waals surface area contributed by atoms with E-state index in [1.807, 2.05) is 6.92 Å². The number of carbonyl (C=O) groups excluding carboxylic acids is 1. The van der Waals surface area contributed by atoms with Crippen LogP contribution in [-0.2, 0) is 0 Å². The molecule has 0 spiro atoms. The fourth-order valence-corrected chi connectivity index (χ4v) is 3.13. The predicted molar refractivity (Wildman–Crippen MR) is 66.2 cm³/mol.